The summed E-state index contributed by atoms with van der Waals surface area (Å²) in [5.41, 5.74) is 1.66. The van der Waals surface area contributed by atoms with E-state index in [0.29, 0.717) is 0 Å². The fourth-order valence-electron chi connectivity index (χ4n) is 2.96. The molecule has 0 spiro atoms. The van der Waals surface area contributed by atoms with Crippen molar-refractivity contribution in [1.82, 2.24) is 15.0 Å². The maximum absolute atomic E-state index is 13.1. The Labute approximate surface area is 186 Å². The predicted octanol–water partition coefficient (Wildman–Crippen LogP) is 2.95. The minimum absolute atomic E-state index is 0.132. The molecule has 3 aromatic rings. The normalized spacial score (nSPS) is 12.2. The van der Waals surface area contributed by atoms with Gasteiger partial charge < -0.3 is 10.1 Å². The molecular formula is C22H22ClN3O4S. The SMILES string of the molecule is COc1ccc(Cl)cc1S(=O)(=O)NC(Cc1ccccc1)C(=O)NCc1ccncc1. The molecule has 1 aromatic heterocycles. The molecule has 9 heteroatoms. The van der Waals surface area contributed by atoms with Crippen molar-refractivity contribution < 1.29 is 17.9 Å². The molecule has 3 rings (SSSR count). The van der Waals surface area contributed by atoms with E-state index in [9.17, 15) is 13.2 Å². The highest BCUT2D eigenvalue weighted by Gasteiger charge is 2.28. The highest BCUT2D eigenvalue weighted by atomic mass is 35.5. The van der Waals surface area contributed by atoms with E-state index < -0.39 is 22.0 Å². The van der Waals surface area contributed by atoms with E-state index in [0.717, 1.165) is 11.1 Å². The Balaban J connectivity index is 1.85. The predicted molar refractivity (Wildman–Crippen MR) is 118 cm³/mol. The average molecular weight is 460 g/mol. The first-order chi connectivity index (χ1) is 14.9. The largest absolute Gasteiger partial charge is 0.495 e. The van der Waals surface area contributed by atoms with Crippen molar-refractivity contribution in [2.75, 3.05) is 7.11 Å². The van der Waals surface area contributed by atoms with Gasteiger partial charge in [-0.25, -0.2) is 8.42 Å². The number of aromatic nitrogens is 1. The van der Waals surface area contributed by atoms with E-state index in [2.05, 4.69) is 15.0 Å². The molecule has 0 aliphatic rings. The van der Waals surface area contributed by atoms with Crippen molar-refractivity contribution in [2.45, 2.75) is 23.9 Å². The number of pyridine rings is 1. The van der Waals surface area contributed by atoms with Gasteiger partial charge in [0.25, 0.3) is 0 Å². The van der Waals surface area contributed by atoms with Gasteiger partial charge in [0.1, 0.15) is 16.7 Å². The monoisotopic (exact) mass is 459 g/mol. The third kappa shape index (κ3) is 6.27. The summed E-state index contributed by atoms with van der Waals surface area (Å²) < 4.78 is 33.9. The molecule has 0 saturated heterocycles. The summed E-state index contributed by atoms with van der Waals surface area (Å²) in [5, 5.41) is 3.02. The van der Waals surface area contributed by atoms with Crippen LogP contribution in [-0.4, -0.2) is 32.5 Å². The van der Waals surface area contributed by atoms with Gasteiger partial charge in [0.2, 0.25) is 15.9 Å². The first-order valence-corrected chi connectivity index (χ1v) is 11.3. The van der Waals surface area contributed by atoms with Gasteiger partial charge in [-0.2, -0.15) is 4.72 Å². The Kier molecular flexibility index (Phi) is 7.62. The summed E-state index contributed by atoms with van der Waals surface area (Å²) >= 11 is 5.99. The van der Waals surface area contributed by atoms with Crippen LogP contribution in [0.3, 0.4) is 0 Å². The van der Waals surface area contributed by atoms with Crippen LogP contribution >= 0.6 is 11.6 Å². The Morgan fingerprint density at radius 3 is 2.45 bits per heavy atom. The lowest BCUT2D eigenvalue weighted by atomic mass is 10.1. The second-order valence-electron chi connectivity index (χ2n) is 6.73. The zero-order valence-corrected chi connectivity index (χ0v) is 18.4. The van der Waals surface area contributed by atoms with Gasteiger partial charge in [-0.1, -0.05) is 41.9 Å². The number of sulfonamides is 1. The van der Waals surface area contributed by atoms with E-state index in [-0.39, 0.29) is 28.6 Å². The first-order valence-electron chi connectivity index (χ1n) is 9.45. The van der Waals surface area contributed by atoms with Gasteiger partial charge in [-0.15, -0.1) is 0 Å². The first kappa shape index (κ1) is 22.7. The summed E-state index contributed by atoms with van der Waals surface area (Å²) in [7, 11) is -2.74. The van der Waals surface area contributed by atoms with Crippen LogP contribution in [0.2, 0.25) is 5.02 Å². The van der Waals surface area contributed by atoms with Gasteiger partial charge >= 0.3 is 0 Å². The van der Waals surface area contributed by atoms with Crippen molar-refractivity contribution >= 4 is 27.5 Å². The molecule has 1 amide bonds. The molecule has 2 N–H and O–H groups in total. The Bertz CT molecular complexity index is 1130. The lowest BCUT2D eigenvalue weighted by Crippen LogP contribution is -2.47. The van der Waals surface area contributed by atoms with Crippen molar-refractivity contribution in [2.24, 2.45) is 0 Å². The van der Waals surface area contributed by atoms with E-state index in [4.69, 9.17) is 16.3 Å². The topological polar surface area (TPSA) is 97.4 Å². The molecule has 2 aromatic carbocycles. The number of carbonyl (C=O) groups excluding carboxylic acids is 1. The lowest BCUT2D eigenvalue weighted by Gasteiger charge is -2.20. The summed E-state index contributed by atoms with van der Waals surface area (Å²) in [6.45, 7) is 0.245. The van der Waals surface area contributed by atoms with Gasteiger partial charge in [0.15, 0.2) is 0 Å². The van der Waals surface area contributed by atoms with E-state index >= 15 is 0 Å². The van der Waals surface area contributed by atoms with Crippen LogP contribution in [0.5, 0.6) is 5.75 Å². The lowest BCUT2D eigenvalue weighted by molar-refractivity contribution is -0.122. The van der Waals surface area contributed by atoms with Crippen LogP contribution in [0.25, 0.3) is 0 Å². The zero-order chi connectivity index (χ0) is 22.3. The van der Waals surface area contributed by atoms with Gasteiger partial charge in [-0.05, 0) is 47.9 Å². The highest BCUT2D eigenvalue weighted by molar-refractivity contribution is 7.89. The Hall–Kier alpha value is -2.94. The van der Waals surface area contributed by atoms with Crippen LogP contribution < -0.4 is 14.8 Å². The molecule has 0 aliphatic carbocycles. The second kappa shape index (κ2) is 10.4. The number of nitrogens with one attached hydrogen (secondary N) is 2. The van der Waals surface area contributed by atoms with Gasteiger partial charge in [-0.3, -0.25) is 9.78 Å². The third-order valence-corrected chi connectivity index (χ3v) is 6.26. The number of hydrogen-bond acceptors (Lipinski definition) is 5. The fourth-order valence-corrected chi connectivity index (χ4v) is 4.59. The van der Waals surface area contributed by atoms with Crippen molar-refractivity contribution in [3.8, 4) is 5.75 Å². The molecule has 31 heavy (non-hydrogen) atoms. The number of benzene rings is 2. The molecule has 1 unspecified atom stereocenters. The maximum Gasteiger partial charge on any atom is 0.245 e. The van der Waals surface area contributed by atoms with Gasteiger partial charge in [0, 0.05) is 24.0 Å². The number of carbonyl (C=O) groups is 1. The number of hydrogen-bond donors (Lipinski definition) is 2. The Morgan fingerprint density at radius 2 is 1.77 bits per heavy atom. The number of rotatable bonds is 9. The van der Waals surface area contributed by atoms with Crippen LogP contribution in [-0.2, 0) is 27.8 Å². The van der Waals surface area contributed by atoms with Gasteiger partial charge in [0.05, 0.1) is 7.11 Å². The molecule has 1 atom stereocenters. The van der Waals surface area contributed by atoms with E-state index in [1.807, 2.05) is 30.3 Å². The minimum Gasteiger partial charge on any atom is -0.495 e. The summed E-state index contributed by atoms with van der Waals surface area (Å²) in [6.07, 6.45) is 3.42. The number of amides is 1. The molecule has 0 radical (unpaired) electrons. The van der Waals surface area contributed by atoms with Crippen LogP contribution in [0, 0.1) is 0 Å². The molecule has 0 fully saturated rings. The zero-order valence-electron chi connectivity index (χ0n) is 16.8. The van der Waals surface area contributed by atoms with E-state index in [1.165, 1.54) is 25.3 Å². The molecule has 1 heterocycles. The van der Waals surface area contributed by atoms with Crippen molar-refractivity contribution in [3.05, 3.63) is 89.2 Å². The maximum atomic E-state index is 13.1. The fraction of sp³-hybridized carbons (Fsp3) is 0.182. The molecule has 0 aliphatic heterocycles. The summed E-state index contributed by atoms with van der Waals surface area (Å²) in [4.78, 5) is 16.7. The summed E-state index contributed by atoms with van der Waals surface area (Å²) in [5.74, 6) is -0.321. The summed E-state index contributed by atoms with van der Waals surface area (Å²) in [6, 6.07) is 16.0. The molecular weight excluding hydrogens is 438 g/mol. The van der Waals surface area contributed by atoms with E-state index in [1.54, 1.807) is 24.5 Å². The van der Waals surface area contributed by atoms with Crippen LogP contribution in [0.15, 0.2) is 78.0 Å². The number of methoxy groups -OCH3 is 1. The molecule has 7 nitrogen and oxygen atoms in total. The Morgan fingerprint density at radius 1 is 1.06 bits per heavy atom. The van der Waals surface area contributed by atoms with Crippen LogP contribution in [0.1, 0.15) is 11.1 Å². The van der Waals surface area contributed by atoms with Crippen molar-refractivity contribution in [3.63, 3.8) is 0 Å². The third-order valence-electron chi connectivity index (χ3n) is 4.53. The minimum atomic E-state index is -4.10. The number of nitrogens with zero attached hydrogens (tertiary/aromatic N) is 1. The van der Waals surface area contributed by atoms with Crippen molar-refractivity contribution in [1.29, 1.82) is 0 Å². The number of halogens is 1. The van der Waals surface area contributed by atoms with Crippen LogP contribution in [0.4, 0.5) is 0 Å². The molecule has 0 bridgehead atoms. The molecule has 162 valence electrons. The standard InChI is InChI=1S/C22H22ClN3O4S/c1-30-20-8-7-18(23)14-21(20)31(28,29)26-19(13-16-5-3-2-4-6-16)22(27)25-15-17-9-11-24-12-10-17/h2-12,14,19,26H,13,15H2,1H3,(H,25,27). The second-order valence-corrected chi connectivity index (χ2v) is 8.85. The smallest absolute Gasteiger partial charge is 0.245 e. The quantitative estimate of drug-likeness (QED) is 0.512. The molecule has 0 saturated carbocycles. The average Bonchev–Trinajstić information content (AvgIpc) is 2.78. The highest BCUT2D eigenvalue weighted by Crippen LogP contribution is 2.27. The number of ether oxygens (including phenoxy) is 1.